The highest BCUT2D eigenvalue weighted by Crippen LogP contribution is 2.29. The van der Waals surface area contributed by atoms with E-state index in [4.69, 9.17) is 16.3 Å². The molecule has 0 fully saturated rings. The van der Waals surface area contributed by atoms with Crippen molar-refractivity contribution in [3.8, 4) is 5.75 Å². The molecule has 0 amide bonds. The van der Waals surface area contributed by atoms with Crippen LogP contribution in [0, 0.1) is 0 Å². The van der Waals surface area contributed by atoms with Crippen LogP contribution >= 0.6 is 23.4 Å². The van der Waals surface area contributed by atoms with Gasteiger partial charge >= 0.3 is 5.97 Å². The molecule has 0 aliphatic rings. The summed E-state index contributed by atoms with van der Waals surface area (Å²) in [6.07, 6.45) is -0.324. The quantitative estimate of drug-likeness (QED) is 0.560. The maximum absolute atomic E-state index is 11.3. The Labute approximate surface area is 144 Å². The number of methoxy groups -OCH3 is 1. The normalized spacial score (nSPS) is 12.0. The molecular formula is C15H18ClN3O3S. The van der Waals surface area contributed by atoms with Crippen LogP contribution in [-0.2, 0) is 16.1 Å². The van der Waals surface area contributed by atoms with Crippen LogP contribution in [0.4, 0.5) is 0 Å². The Bertz CT molecular complexity index is 678. The zero-order valence-corrected chi connectivity index (χ0v) is 14.7. The molecule has 0 saturated heterocycles. The van der Waals surface area contributed by atoms with E-state index in [-0.39, 0.29) is 17.8 Å². The van der Waals surface area contributed by atoms with Crippen molar-refractivity contribution in [2.75, 3.05) is 12.9 Å². The van der Waals surface area contributed by atoms with Gasteiger partial charge in [-0.25, -0.2) is 0 Å². The Kier molecular flexibility index (Phi) is 6.29. The number of hydrogen-bond donors (Lipinski definition) is 0. The largest absolute Gasteiger partial charge is 0.481 e. The van der Waals surface area contributed by atoms with Crippen molar-refractivity contribution >= 4 is 29.3 Å². The first kappa shape index (κ1) is 17.6. The predicted octanol–water partition coefficient (Wildman–Crippen LogP) is 3.36. The van der Waals surface area contributed by atoms with Gasteiger partial charge in [-0.15, -0.1) is 10.2 Å². The first-order chi connectivity index (χ1) is 11.1. The predicted molar refractivity (Wildman–Crippen MR) is 88.9 cm³/mol. The lowest BCUT2D eigenvalue weighted by atomic mass is 10.3. The van der Waals surface area contributed by atoms with Gasteiger partial charge in [0.05, 0.1) is 17.9 Å². The summed E-state index contributed by atoms with van der Waals surface area (Å²) in [5, 5.41) is 9.52. The number of carbonyl (C=O) groups is 1. The summed E-state index contributed by atoms with van der Waals surface area (Å²) >= 11 is 7.40. The Balaban J connectivity index is 2.14. The summed E-state index contributed by atoms with van der Waals surface area (Å²) in [4.78, 5) is 11.3. The number of benzene rings is 1. The molecule has 0 aliphatic heterocycles. The van der Waals surface area contributed by atoms with Crippen LogP contribution in [0.3, 0.4) is 0 Å². The average Bonchev–Trinajstić information content (AvgIpc) is 2.97. The van der Waals surface area contributed by atoms with E-state index in [0.717, 1.165) is 0 Å². The van der Waals surface area contributed by atoms with E-state index in [2.05, 4.69) is 14.9 Å². The maximum atomic E-state index is 11.3. The molecule has 8 heteroatoms. The van der Waals surface area contributed by atoms with Crippen LogP contribution in [0.2, 0.25) is 5.02 Å². The van der Waals surface area contributed by atoms with E-state index in [1.165, 1.54) is 18.9 Å². The molecule has 1 aromatic carbocycles. The van der Waals surface area contributed by atoms with Crippen molar-refractivity contribution in [1.29, 1.82) is 0 Å². The molecule has 6 nitrogen and oxygen atoms in total. The molecular weight excluding hydrogens is 338 g/mol. The molecule has 0 N–H and O–H groups in total. The highest BCUT2D eigenvalue weighted by atomic mass is 35.5. The third-order valence-corrected chi connectivity index (χ3v) is 4.37. The highest BCUT2D eigenvalue weighted by Gasteiger charge is 2.20. The van der Waals surface area contributed by atoms with Crippen molar-refractivity contribution in [2.24, 2.45) is 0 Å². The van der Waals surface area contributed by atoms with Gasteiger partial charge in [-0.05, 0) is 26.0 Å². The van der Waals surface area contributed by atoms with Crippen LogP contribution in [0.5, 0.6) is 5.75 Å². The van der Waals surface area contributed by atoms with Crippen LogP contribution in [-0.4, -0.2) is 33.6 Å². The van der Waals surface area contributed by atoms with Gasteiger partial charge in [0.15, 0.2) is 17.1 Å². The summed E-state index contributed by atoms with van der Waals surface area (Å²) in [7, 11) is 1.36. The monoisotopic (exact) mass is 355 g/mol. The molecule has 1 aromatic heterocycles. The number of esters is 1. The summed E-state index contributed by atoms with van der Waals surface area (Å²) in [5.41, 5.74) is 0. The topological polar surface area (TPSA) is 66.2 Å². The van der Waals surface area contributed by atoms with Gasteiger partial charge in [0.1, 0.15) is 5.75 Å². The minimum Gasteiger partial charge on any atom is -0.481 e. The molecule has 0 saturated carbocycles. The van der Waals surface area contributed by atoms with Crippen molar-refractivity contribution in [3.05, 3.63) is 35.1 Å². The van der Waals surface area contributed by atoms with E-state index >= 15 is 0 Å². The van der Waals surface area contributed by atoms with Gasteiger partial charge in [0.2, 0.25) is 0 Å². The SMILES string of the molecule is CCn1c(SCC(=O)OC)nnc1C(C)Oc1ccccc1Cl. The maximum Gasteiger partial charge on any atom is 0.316 e. The molecule has 2 rings (SSSR count). The number of para-hydroxylation sites is 1. The molecule has 1 unspecified atom stereocenters. The number of nitrogens with zero attached hydrogens (tertiary/aromatic N) is 3. The second kappa shape index (κ2) is 8.21. The van der Waals surface area contributed by atoms with Gasteiger partial charge in [-0.2, -0.15) is 0 Å². The number of thioether (sulfide) groups is 1. The summed E-state index contributed by atoms with van der Waals surface area (Å²) in [5.74, 6) is 1.16. The smallest absolute Gasteiger partial charge is 0.316 e. The number of rotatable bonds is 7. The molecule has 124 valence electrons. The minimum atomic E-state index is -0.324. The molecule has 0 spiro atoms. The van der Waals surface area contributed by atoms with Gasteiger partial charge in [0.25, 0.3) is 0 Å². The van der Waals surface area contributed by atoms with E-state index in [1.807, 2.05) is 30.5 Å². The van der Waals surface area contributed by atoms with Crippen molar-refractivity contribution < 1.29 is 14.3 Å². The number of hydrogen-bond acceptors (Lipinski definition) is 6. The molecule has 23 heavy (non-hydrogen) atoms. The van der Waals surface area contributed by atoms with E-state index in [9.17, 15) is 4.79 Å². The molecule has 1 atom stereocenters. The van der Waals surface area contributed by atoms with Crippen molar-refractivity contribution in [3.63, 3.8) is 0 Å². The summed E-state index contributed by atoms with van der Waals surface area (Å²) in [6, 6.07) is 7.27. The summed E-state index contributed by atoms with van der Waals surface area (Å²) < 4.78 is 12.4. The molecule has 0 radical (unpaired) electrons. The first-order valence-electron chi connectivity index (χ1n) is 7.10. The minimum absolute atomic E-state index is 0.189. The second-order valence-electron chi connectivity index (χ2n) is 4.64. The zero-order valence-electron chi connectivity index (χ0n) is 13.2. The molecule has 1 heterocycles. The average molecular weight is 356 g/mol. The van der Waals surface area contributed by atoms with E-state index < -0.39 is 0 Å². The van der Waals surface area contributed by atoms with E-state index in [0.29, 0.717) is 28.3 Å². The Morgan fingerprint density at radius 2 is 2.13 bits per heavy atom. The molecule has 2 aromatic rings. The van der Waals surface area contributed by atoms with Crippen LogP contribution < -0.4 is 4.74 Å². The van der Waals surface area contributed by atoms with Crippen molar-refractivity contribution in [2.45, 2.75) is 31.7 Å². The standard InChI is InChI=1S/C15H18ClN3O3S/c1-4-19-14(17-18-15(19)23-9-13(20)21-3)10(2)22-12-8-6-5-7-11(12)16/h5-8,10H,4,9H2,1-3H3. The van der Waals surface area contributed by atoms with E-state index in [1.54, 1.807) is 12.1 Å². The Hall–Kier alpha value is -1.73. The van der Waals surface area contributed by atoms with Gasteiger partial charge < -0.3 is 14.0 Å². The number of aromatic nitrogens is 3. The molecule has 0 bridgehead atoms. The van der Waals surface area contributed by atoms with Gasteiger partial charge in [-0.3, -0.25) is 4.79 Å². The second-order valence-corrected chi connectivity index (χ2v) is 5.99. The Morgan fingerprint density at radius 3 is 2.78 bits per heavy atom. The summed E-state index contributed by atoms with van der Waals surface area (Å²) in [6.45, 7) is 4.54. The fraction of sp³-hybridized carbons (Fsp3) is 0.400. The van der Waals surface area contributed by atoms with Crippen LogP contribution in [0.1, 0.15) is 25.8 Å². The number of carbonyl (C=O) groups excluding carboxylic acids is 1. The zero-order chi connectivity index (χ0) is 16.8. The van der Waals surface area contributed by atoms with Gasteiger partial charge in [-0.1, -0.05) is 35.5 Å². The third kappa shape index (κ3) is 4.39. The first-order valence-corrected chi connectivity index (χ1v) is 8.47. The Morgan fingerprint density at radius 1 is 1.39 bits per heavy atom. The highest BCUT2D eigenvalue weighted by molar-refractivity contribution is 7.99. The van der Waals surface area contributed by atoms with Crippen LogP contribution in [0.15, 0.2) is 29.4 Å². The lowest BCUT2D eigenvalue weighted by Gasteiger charge is -2.16. The lowest BCUT2D eigenvalue weighted by Crippen LogP contribution is -2.12. The van der Waals surface area contributed by atoms with Gasteiger partial charge in [0, 0.05) is 6.54 Å². The number of ether oxygens (including phenoxy) is 2. The number of halogens is 1. The lowest BCUT2D eigenvalue weighted by molar-refractivity contribution is -0.137. The van der Waals surface area contributed by atoms with Crippen molar-refractivity contribution in [1.82, 2.24) is 14.8 Å². The fourth-order valence-electron chi connectivity index (χ4n) is 1.97. The third-order valence-electron chi connectivity index (χ3n) is 3.11. The molecule has 0 aliphatic carbocycles. The van der Waals surface area contributed by atoms with Crippen LogP contribution in [0.25, 0.3) is 0 Å². The fourth-order valence-corrected chi connectivity index (χ4v) is 2.99.